The van der Waals surface area contributed by atoms with Gasteiger partial charge in [0.2, 0.25) is 20.0 Å². The third-order valence-corrected chi connectivity index (χ3v) is 9.26. The Hall–Kier alpha value is -2.27. The Morgan fingerprint density at radius 1 is 0.939 bits per heavy atom. The first kappa shape index (κ1) is 25.4. The number of nitrogens with one attached hydrogen (secondary N) is 2. The van der Waals surface area contributed by atoms with E-state index >= 15 is 0 Å². The summed E-state index contributed by atoms with van der Waals surface area (Å²) in [5.74, 6) is -0.494. The second-order valence-corrected chi connectivity index (χ2v) is 12.3. The summed E-state index contributed by atoms with van der Waals surface area (Å²) < 4.78 is 54.6. The van der Waals surface area contributed by atoms with Crippen molar-refractivity contribution in [2.24, 2.45) is 0 Å². The standard InChI is InChI=1S/C23H31N3O5S2/c1-17(2)25-32(28,29)22-11-7-8-18(16-22)23(27)24-19-12-14-21(15-13-19)33(30,31)26(3)20-9-5-4-6-10-20/h7-8,11-17,20,25H,4-6,9-10H2,1-3H3,(H,24,27). The van der Waals surface area contributed by atoms with Gasteiger partial charge in [0.15, 0.2) is 0 Å². The number of carbonyl (C=O) groups is 1. The van der Waals surface area contributed by atoms with Gasteiger partial charge in [0.1, 0.15) is 0 Å². The van der Waals surface area contributed by atoms with Gasteiger partial charge in [-0.25, -0.2) is 21.6 Å². The molecule has 0 saturated heterocycles. The summed E-state index contributed by atoms with van der Waals surface area (Å²) in [6.45, 7) is 3.43. The van der Waals surface area contributed by atoms with E-state index in [9.17, 15) is 21.6 Å². The first-order valence-electron chi connectivity index (χ1n) is 11.0. The van der Waals surface area contributed by atoms with Crippen LogP contribution in [0, 0.1) is 0 Å². The molecule has 8 nitrogen and oxygen atoms in total. The lowest BCUT2D eigenvalue weighted by atomic mass is 9.96. The Morgan fingerprint density at radius 3 is 2.18 bits per heavy atom. The van der Waals surface area contributed by atoms with E-state index in [2.05, 4.69) is 10.0 Å². The Balaban J connectivity index is 1.72. The molecule has 0 aromatic heterocycles. The first-order chi connectivity index (χ1) is 15.5. The van der Waals surface area contributed by atoms with Crippen LogP contribution in [0.25, 0.3) is 0 Å². The zero-order valence-electron chi connectivity index (χ0n) is 19.1. The van der Waals surface area contributed by atoms with Crippen LogP contribution in [-0.4, -0.2) is 46.2 Å². The minimum atomic E-state index is -3.73. The molecule has 2 N–H and O–H groups in total. The molecule has 10 heteroatoms. The monoisotopic (exact) mass is 493 g/mol. The van der Waals surface area contributed by atoms with Crippen molar-refractivity contribution in [1.29, 1.82) is 0 Å². The van der Waals surface area contributed by atoms with Crippen LogP contribution in [0.1, 0.15) is 56.3 Å². The number of anilines is 1. The zero-order chi connectivity index (χ0) is 24.2. The number of benzene rings is 2. The Kier molecular flexibility index (Phi) is 7.94. The maximum atomic E-state index is 13.0. The van der Waals surface area contributed by atoms with Gasteiger partial charge in [-0.15, -0.1) is 0 Å². The van der Waals surface area contributed by atoms with Crippen LogP contribution in [0.15, 0.2) is 58.3 Å². The second kappa shape index (κ2) is 10.3. The fourth-order valence-corrected chi connectivity index (χ4v) is 6.62. The lowest BCUT2D eigenvalue weighted by molar-refractivity contribution is 0.102. The van der Waals surface area contributed by atoms with E-state index in [0.717, 1.165) is 32.1 Å². The molecule has 1 fully saturated rings. The molecule has 0 heterocycles. The Bertz CT molecular complexity index is 1190. The number of carbonyl (C=O) groups excluding carboxylic acids is 1. The van der Waals surface area contributed by atoms with E-state index in [0.29, 0.717) is 5.69 Å². The maximum absolute atomic E-state index is 13.0. The lowest BCUT2D eigenvalue weighted by Crippen LogP contribution is -2.38. The predicted octanol–water partition coefficient (Wildman–Crippen LogP) is 3.58. The number of nitrogens with zero attached hydrogens (tertiary/aromatic N) is 1. The van der Waals surface area contributed by atoms with Crippen molar-refractivity contribution in [3.8, 4) is 0 Å². The smallest absolute Gasteiger partial charge is 0.255 e. The minimum absolute atomic E-state index is 0.00367. The van der Waals surface area contributed by atoms with Crippen molar-refractivity contribution in [2.75, 3.05) is 12.4 Å². The third-order valence-electron chi connectivity index (χ3n) is 5.68. The summed E-state index contributed by atoms with van der Waals surface area (Å²) in [7, 11) is -5.73. The second-order valence-electron chi connectivity index (χ2n) is 8.60. The van der Waals surface area contributed by atoms with Crippen molar-refractivity contribution in [3.05, 3.63) is 54.1 Å². The first-order valence-corrected chi connectivity index (χ1v) is 13.9. The van der Waals surface area contributed by atoms with Gasteiger partial charge < -0.3 is 5.32 Å². The van der Waals surface area contributed by atoms with Crippen molar-refractivity contribution in [3.63, 3.8) is 0 Å². The molecule has 0 atom stereocenters. The molecule has 1 aliphatic carbocycles. The molecule has 33 heavy (non-hydrogen) atoms. The van der Waals surface area contributed by atoms with Crippen LogP contribution >= 0.6 is 0 Å². The van der Waals surface area contributed by atoms with E-state index in [1.165, 1.54) is 52.8 Å². The molecule has 2 aromatic rings. The van der Waals surface area contributed by atoms with E-state index in [-0.39, 0.29) is 27.4 Å². The molecular weight excluding hydrogens is 462 g/mol. The molecule has 180 valence electrons. The van der Waals surface area contributed by atoms with Crippen LogP contribution in [0.2, 0.25) is 0 Å². The normalized spacial score (nSPS) is 15.7. The molecule has 1 saturated carbocycles. The van der Waals surface area contributed by atoms with Gasteiger partial charge in [-0.2, -0.15) is 4.31 Å². The molecule has 1 amide bonds. The summed E-state index contributed by atoms with van der Waals surface area (Å²) in [5.41, 5.74) is 0.586. The summed E-state index contributed by atoms with van der Waals surface area (Å²) in [5, 5.41) is 2.69. The Morgan fingerprint density at radius 2 is 1.58 bits per heavy atom. The highest BCUT2D eigenvalue weighted by Gasteiger charge is 2.29. The summed E-state index contributed by atoms with van der Waals surface area (Å²) >= 11 is 0. The maximum Gasteiger partial charge on any atom is 0.255 e. The van der Waals surface area contributed by atoms with Gasteiger partial charge >= 0.3 is 0 Å². The fourth-order valence-electron chi connectivity index (χ4n) is 3.90. The van der Waals surface area contributed by atoms with Crippen LogP contribution < -0.4 is 10.0 Å². The summed E-state index contributed by atoms with van der Waals surface area (Å²) in [6, 6.07) is 11.5. The van der Waals surface area contributed by atoms with Gasteiger partial charge in [0, 0.05) is 30.4 Å². The molecule has 0 spiro atoms. The van der Waals surface area contributed by atoms with E-state index in [1.807, 2.05) is 0 Å². The van der Waals surface area contributed by atoms with Crippen LogP contribution in [0.4, 0.5) is 5.69 Å². The van der Waals surface area contributed by atoms with Crippen molar-refractivity contribution in [1.82, 2.24) is 9.03 Å². The fraction of sp³-hybridized carbons (Fsp3) is 0.435. The molecular formula is C23H31N3O5S2. The summed E-state index contributed by atoms with van der Waals surface area (Å²) in [6.07, 6.45) is 4.94. The highest BCUT2D eigenvalue weighted by Crippen LogP contribution is 2.27. The van der Waals surface area contributed by atoms with Gasteiger partial charge in [-0.1, -0.05) is 25.3 Å². The number of sulfonamides is 2. The van der Waals surface area contributed by atoms with Crippen molar-refractivity contribution >= 4 is 31.6 Å². The molecule has 3 rings (SSSR count). The van der Waals surface area contributed by atoms with Crippen LogP contribution in [0.3, 0.4) is 0 Å². The van der Waals surface area contributed by atoms with Gasteiger partial charge in [0.05, 0.1) is 9.79 Å². The molecule has 0 unspecified atom stereocenters. The number of hydrogen-bond donors (Lipinski definition) is 2. The lowest BCUT2D eigenvalue weighted by Gasteiger charge is -2.30. The quantitative estimate of drug-likeness (QED) is 0.584. The average molecular weight is 494 g/mol. The van der Waals surface area contributed by atoms with E-state index < -0.39 is 26.0 Å². The number of hydrogen-bond acceptors (Lipinski definition) is 5. The highest BCUT2D eigenvalue weighted by molar-refractivity contribution is 7.89. The largest absolute Gasteiger partial charge is 0.322 e. The molecule has 0 aliphatic heterocycles. The molecule has 1 aliphatic rings. The molecule has 2 aromatic carbocycles. The average Bonchev–Trinajstić information content (AvgIpc) is 2.78. The van der Waals surface area contributed by atoms with Crippen molar-refractivity contribution in [2.45, 2.75) is 67.8 Å². The van der Waals surface area contributed by atoms with E-state index in [4.69, 9.17) is 0 Å². The van der Waals surface area contributed by atoms with Gasteiger partial charge in [0.25, 0.3) is 5.91 Å². The zero-order valence-corrected chi connectivity index (χ0v) is 20.7. The minimum Gasteiger partial charge on any atom is -0.322 e. The highest BCUT2D eigenvalue weighted by atomic mass is 32.2. The summed E-state index contributed by atoms with van der Waals surface area (Å²) in [4.78, 5) is 12.8. The molecule has 0 bridgehead atoms. The van der Waals surface area contributed by atoms with Crippen LogP contribution in [0.5, 0.6) is 0 Å². The SMILES string of the molecule is CC(C)NS(=O)(=O)c1cccc(C(=O)Nc2ccc(S(=O)(=O)N(C)C3CCCCC3)cc2)c1. The molecule has 0 radical (unpaired) electrons. The number of amides is 1. The van der Waals surface area contributed by atoms with Gasteiger partial charge in [-0.05, 0) is 69.2 Å². The predicted molar refractivity (Wildman–Crippen MR) is 128 cm³/mol. The topological polar surface area (TPSA) is 113 Å². The van der Waals surface area contributed by atoms with Crippen molar-refractivity contribution < 1.29 is 21.6 Å². The van der Waals surface area contributed by atoms with Gasteiger partial charge in [-0.3, -0.25) is 4.79 Å². The Labute approximate surface area is 196 Å². The number of rotatable bonds is 8. The van der Waals surface area contributed by atoms with Crippen LogP contribution in [-0.2, 0) is 20.0 Å². The third kappa shape index (κ3) is 6.20. The van der Waals surface area contributed by atoms with E-state index in [1.54, 1.807) is 20.9 Å².